The second-order valence-electron chi connectivity index (χ2n) is 6.09. The smallest absolute Gasteiger partial charge is 0.231 e. The van der Waals surface area contributed by atoms with Crippen molar-refractivity contribution in [3.63, 3.8) is 0 Å². The molecule has 0 radical (unpaired) electrons. The molecular weight excluding hydrogens is 352 g/mol. The van der Waals surface area contributed by atoms with Crippen molar-refractivity contribution in [2.75, 3.05) is 10.6 Å². The molecule has 2 N–H and O–H groups in total. The molecule has 0 aliphatic carbocycles. The predicted octanol–water partition coefficient (Wildman–Crippen LogP) is 4.80. The van der Waals surface area contributed by atoms with Gasteiger partial charge in [0.1, 0.15) is 11.6 Å². The molecule has 0 saturated carbocycles. The molecule has 136 valence electrons. The summed E-state index contributed by atoms with van der Waals surface area (Å²) in [4.78, 5) is 9.11. The van der Waals surface area contributed by atoms with Crippen molar-refractivity contribution in [2.24, 2.45) is 0 Å². The summed E-state index contributed by atoms with van der Waals surface area (Å²) in [6.45, 7) is 1.82. The Hall–Kier alpha value is -4.18. The van der Waals surface area contributed by atoms with Crippen molar-refractivity contribution in [2.45, 2.75) is 6.92 Å². The largest absolute Gasteiger partial charge is 0.360 e. The van der Waals surface area contributed by atoms with E-state index in [-0.39, 0.29) is 0 Å². The normalized spacial score (nSPS) is 10.3. The maximum absolute atomic E-state index is 8.95. The quantitative estimate of drug-likeness (QED) is 0.522. The third kappa shape index (κ3) is 3.97. The van der Waals surface area contributed by atoms with Crippen LogP contribution in [0.2, 0.25) is 0 Å². The Kier molecular flexibility index (Phi) is 4.68. The number of hydrogen-bond acceptors (Lipinski definition) is 7. The number of rotatable bonds is 5. The van der Waals surface area contributed by atoms with Gasteiger partial charge in [-0.25, -0.2) is 4.98 Å². The Balaban J connectivity index is 1.69. The Bertz CT molecular complexity index is 1130. The fourth-order valence-electron chi connectivity index (χ4n) is 2.64. The van der Waals surface area contributed by atoms with Crippen LogP contribution in [0.5, 0.6) is 0 Å². The fourth-order valence-corrected chi connectivity index (χ4v) is 2.64. The maximum Gasteiger partial charge on any atom is 0.231 e. The zero-order valence-corrected chi connectivity index (χ0v) is 15.0. The first kappa shape index (κ1) is 17.2. The molecule has 0 saturated heterocycles. The van der Waals surface area contributed by atoms with Gasteiger partial charge in [0.05, 0.1) is 17.3 Å². The minimum absolute atomic E-state index is 0.394. The van der Waals surface area contributed by atoms with Crippen LogP contribution in [0.15, 0.2) is 71.3 Å². The first-order valence-electron chi connectivity index (χ1n) is 8.62. The third-order valence-corrected chi connectivity index (χ3v) is 3.95. The summed E-state index contributed by atoms with van der Waals surface area (Å²) in [6.07, 6.45) is 0. The minimum Gasteiger partial charge on any atom is -0.360 e. The van der Waals surface area contributed by atoms with Crippen LogP contribution in [0.25, 0.3) is 11.3 Å². The molecule has 4 rings (SSSR count). The molecule has 2 aromatic carbocycles. The second-order valence-corrected chi connectivity index (χ2v) is 6.09. The van der Waals surface area contributed by atoms with Gasteiger partial charge in [0.15, 0.2) is 5.82 Å². The van der Waals surface area contributed by atoms with Crippen LogP contribution >= 0.6 is 0 Å². The number of anilines is 4. The first-order valence-corrected chi connectivity index (χ1v) is 8.62. The van der Waals surface area contributed by atoms with E-state index in [0.29, 0.717) is 28.9 Å². The summed E-state index contributed by atoms with van der Waals surface area (Å²) in [5, 5.41) is 19.2. The standard InChI is InChI=1S/C21H16N6O/c1-14-11-20(27-28-14)26-21-24-18(16-5-3-2-4-6-16)12-19(25-21)23-17-9-7-15(13-22)8-10-17/h2-12H,1H3,(H2,23,24,25,26,27). The van der Waals surface area contributed by atoms with E-state index in [4.69, 9.17) is 9.78 Å². The zero-order valence-electron chi connectivity index (χ0n) is 15.0. The lowest BCUT2D eigenvalue weighted by atomic mass is 10.1. The average Bonchev–Trinajstić information content (AvgIpc) is 3.13. The molecule has 2 aromatic heterocycles. The highest BCUT2D eigenvalue weighted by Crippen LogP contribution is 2.25. The Morgan fingerprint density at radius 3 is 2.36 bits per heavy atom. The van der Waals surface area contributed by atoms with Crippen LogP contribution in [-0.4, -0.2) is 15.1 Å². The summed E-state index contributed by atoms with van der Waals surface area (Å²) in [6, 6.07) is 22.7. The molecule has 2 heterocycles. The van der Waals surface area contributed by atoms with E-state index in [1.807, 2.05) is 55.5 Å². The molecule has 7 nitrogen and oxygen atoms in total. The van der Waals surface area contributed by atoms with Gasteiger partial charge in [0.2, 0.25) is 5.95 Å². The van der Waals surface area contributed by atoms with Crippen molar-refractivity contribution < 1.29 is 4.52 Å². The first-order chi connectivity index (χ1) is 13.7. The number of aromatic nitrogens is 3. The summed E-state index contributed by atoms with van der Waals surface area (Å²) in [5.74, 6) is 2.23. The van der Waals surface area contributed by atoms with Gasteiger partial charge >= 0.3 is 0 Å². The van der Waals surface area contributed by atoms with Gasteiger partial charge in [-0.1, -0.05) is 35.5 Å². The van der Waals surface area contributed by atoms with Crippen molar-refractivity contribution in [1.82, 2.24) is 15.1 Å². The highest BCUT2D eigenvalue weighted by atomic mass is 16.5. The molecule has 0 aliphatic rings. The zero-order chi connectivity index (χ0) is 19.3. The van der Waals surface area contributed by atoms with Gasteiger partial charge in [-0.2, -0.15) is 10.2 Å². The van der Waals surface area contributed by atoms with Crippen molar-refractivity contribution in [3.05, 3.63) is 78.1 Å². The number of nitrogens with one attached hydrogen (secondary N) is 2. The number of aryl methyl sites for hydroxylation is 1. The van der Waals surface area contributed by atoms with E-state index >= 15 is 0 Å². The molecular formula is C21H16N6O. The van der Waals surface area contributed by atoms with Crippen LogP contribution in [0.1, 0.15) is 11.3 Å². The molecule has 0 amide bonds. The fraction of sp³-hybridized carbons (Fsp3) is 0.0476. The maximum atomic E-state index is 8.95. The van der Waals surface area contributed by atoms with Crippen molar-refractivity contribution in [1.29, 1.82) is 5.26 Å². The van der Waals surface area contributed by atoms with Crippen LogP contribution in [0.3, 0.4) is 0 Å². The number of hydrogen-bond donors (Lipinski definition) is 2. The molecule has 0 bridgehead atoms. The number of nitriles is 1. The number of benzene rings is 2. The highest BCUT2D eigenvalue weighted by molar-refractivity contribution is 5.68. The van der Waals surface area contributed by atoms with Gasteiger partial charge in [-0.15, -0.1) is 0 Å². The highest BCUT2D eigenvalue weighted by Gasteiger charge is 2.09. The van der Waals surface area contributed by atoms with Crippen molar-refractivity contribution >= 4 is 23.3 Å². The SMILES string of the molecule is Cc1cc(Nc2nc(Nc3ccc(C#N)cc3)cc(-c3ccccc3)n2)no1. The molecule has 0 spiro atoms. The summed E-state index contributed by atoms with van der Waals surface area (Å²) < 4.78 is 5.09. The van der Waals surface area contributed by atoms with Crippen molar-refractivity contribution in [3.8, 4) is 17.3 Å². The average molecular weight is 368 g/mol. The van der Waals surface area contributed by atoms with Crippen LogP contribution < -0.4 is 10.6 Å². The van der Waals surface area contributed by atoms with Crippen LogP contribution in [0.4, 0.5) is 23.3 Å². The van der Waals surface area contributed by atoms with E-state index in [0.717, 1.165) is 16.9 Å². The Morgan fingerprint density at radius 1 is 0.893 bits per heavy atom. The Labute approximate surface area is 161 Å². The summed E-state index contributed by atoms with van der Waals surface area (Å²) in [7, 11) is 0. The van der Waals surface area contributed by atoms with Gasteiger partial charge in [-0.3, -0.25) is 0 Å². The number of nitrogens with zero attached hydrogens (tertiary/aromatic N) is 4. The van der Waals surface area contributed by atoms with E-state index in [9.17, 15) is 0 Å². The summed E-state index contributed by atoms with van der Waals surface area (Å²) >= 11 is 0. The molecule has 7 heteroatoms. The molecule has 0 fully saturated rings. The van der Waals surface area contributed by atoms with E-state index in [2.05, 4.69) is 31.8 Å². The monoisotopic (exact) mass is 368 g/mol. The minimum atomic E-state index is 0.394. The lowest BCUT2D eigenvalue weighted by molar-refractivity contribution is 0.400. The van der Waals surface area contributed by atoms with Gasteiger partial charge in [0, 0.05) is 23.4 Å². The summed E-state index contributed by atoms with van der Waals surface area (Å²) in [5.41, 5.74) is 3.14. The van der Waals surface area contributed by atoms with Gasteiger partial charge < -0.3 is 15.2 Å². The molecule has 4 aromatic rings. The van der Waals surface area contributed by atoms with E-state index < -0.39 is 0 Å². The van der Waals surface area contributed by atoms with Crippen LogP contribution in [0, 0.1) is 18.3 Å². The van der Waals surface area contributed by atoms with E-state index in [1.54, 1.807) is 18.2 Å². The van der Waals surface area contributed by atoms with E-state index in [1.165, 1.54) is 0 Å². The lowest BCUT2D eigenvalue weighted by Crippen LogP contribution is -2.02. The van der Waals surface area contributed by atoms with Gasteiger partial charge in [-0.05, 0) is 31.2 Å². The second kappa shape index (κ2) is 7.60. The molecule has 28 heavy (non-hydrogen) atoms. The molecule has 0 atom stereocenters. The Morgan fingerprint density at radius 2 is 1.68 bits per heavy atom. The molecule has 0 unspecified atom stereocenters. The van der Waals surface area contributed by atoms with Crippen LogP contribution in [-0.2, 0) is 0 Å². The third-order valence-electron chi connectivity index (χ3n) is 3.95. The topological polar surface area (TPSA) is 99.7 Å². The van der Waals surface area contributed by atoms with Gasteiger partial charge in [0.25, 0.3) is 0 Å². The lowest BCUT2D eigenvalue weighted by Gasteiger charge is -2.10. The predicted molar refractivity (Wildman–Crippen MR) is 106 cm³/mol. The molecule has 0 aliphatic heterocycles.